The van der Waals surface area contributed by atoms with Gasteiger partial charge in [-0.2, -0.15) is 0 Å². The second-order valence-corrected chi connectivity index (χ2v) is 8.17. The second-order valence-electron chi connectivity index (χ2n) is 8.17. The van der Waals surface area contributed by atoms with Gasteiger partial charge in [0.25, 0.3) is 5.91 Å². The maximum atomic E-state index is 12.9. The number of ether oxygens (including phenoxy) is 1. The van der Waals surface area contributed by atoms with Crippen molar-refractivity contribution in [2.75, 3.05) is 16.8 Å². The fourth-order valence-corrected chi connectivity index (χ4v) is 3.58. The Balaban J connectivity index is 1.65. The Labute approximate surface area is 193 Å². The maximum absolute atomic E-state index is 12.9. The summed E-state index contributed by atoms with van der Waals surface area (Å²) in [5.74, 6) is -0.644. The molecule has 8 heteroatoms. The molecule has 0 radical (unpaired) electrons. The molecule has 33 heavy (non-hydrogen) atoms. The minimum absolute atomic E-state index is 0.153. The fourth-order valence-electron chi connectivity index (χ4n) is 3.58. The van der Waals surface area contributed by atoms with Crippen LogP contribution in [-0.4, -0.2) is 36.3 Å². The molecule has 2 N–H and O–H groups in total. The van der Waals surface area contributed by atoms with E-state index in [2.05, 4.69) is 10.6 Å². The van der Waals surface area contributed by atoms with Gasteiger partial charge >= 0.3 is 0 Å². The van der Waals surface area contributed by atoms with E-state index < -0.39 is 6.04 Å². The van der Waals surface area contributed by atoms with Crippen molar-refractivity contribution in [3.8, 4) is 5.75 Å². The van der Waals surface area contributed by atoms with Gasteiger partial charge in [-0.15, -0.1) is 0 Å². The monoisotopic (exact) mass is 451 g/mol. The van der Waals surface area contributed by atoms with Gasteiger partial charge < -0.3 is 15.4 Å². The highest BCUT2D eigenvalue weighted by molar-refractivity contribution is 6.16. The van der Waals surface area contributed by atoms with E-state index in [4.69, 9.17) is 4.74 Å². The van der Waals surface area contributed by atoms with Crippen LogP contribution in [0.4, 0.5) is 11.4 Å². The van der Waals surface area contributed by atoms with Gasteiger partial charge in [0.05, 0.1) is 12.3 Å². The quantitative estimate of drug-likeness (QED) is 0.598. The topological polar surface area (TPSA) is 105 Å². The Bertz CT molecular complexity index is 999. The maximum Gasteiger partial charge on any atom is 0.251 e. The summed E-state index contributed by atoms with van der Waals surface area (Å²) in [4.78, 5) is 50.9. The first-order valence-corrected chi connectivity index (χ1v) is 11.1. The fraction of sp³-hybridized carbons (Fsp3) is 0.360. The van der Waals surface area contributed by atoms with Crippen molar-refractivity contribution < 1.29 is 23.9 Å². The molecule has 1 fully saturated rings. The average Bonchev–Trinajstić information content (AvgIpc) is 2.78. The molecule has 4 amide bonds. The van der Waals surface area contributed by atoms with Crippen molar-refractivity contribution in [2.45, 2.75) is 46.1 Å². The van der Waals surface area contributed by atoms with E-state index in [0.29, 0.717) is 48.6 Å². The highest BCUT2D eigenvalue weighted by Crippen LogP contribution is 2.24. The van der Waals surface area contributed by atoms with Crippen molar-refractivity contribution in [2.24, 2.45) is 5.92 Å². The highest BCUT2D eigenvalue weighted by Gasteiger charge is 2.28. The van der Waals surface area contributed by atoms with Crippen LogP contribution in [0.5, 0.6) is 5.75 Å². The smallest absolute Gasteiger partial charge is 0.251 e. The summed E-state index contributed by atoms with van der Waals surface area (Å²) < 4.78 is 5.39. The van der Waals surface area contributed by atoms with Crippen molar-refractivity contribution in [1.29, 1.82) is 0 Å². The number of carbonyl (C=O) groups is 4. The zero-order chi connectivity index (χ0) is 24.0. The molecule has 0 saturated carbocycles. The lowest BCUT2D eigenvalue weighted by Crippen LogP contribution is -2.47. The van der Waals surface area contributed by atoms with Crippen LogP contribution in [0, 0.1) is 5.92 Å². The number of hydrogen-bond donors (Lipinski definition) is 2. The van der Waals surface area contributed by atoms with E-state index in [1.807, 2.05) is 20.8 Å². The van der Waals surface area contributed by atoms with E-state index in [9.17, 15) is 19.2 Å². The zero-order valence-electron chi connectivity index (χ0n) is 19.1. The Morgan fingerprint density at radius 2 is 1.58 bits per heavy atom. The van der Waals surface area contributed by atoms with E-state index >= 15 is 0 Å². The lowest BCUT2D eigenvalue weighted by atomic mass is 10.0. The highest BCUT2D eigenvalue weighted by atomic mass is 16.5. The zero-order valence-corrected chi connectivity index (χ0v) is 19.1. The molecular weight excluding hydrogens is 422 g/mol. The SMILES string of the molecule is CCOc1ccc(C(=O)NC(C(=O)Nc2ccc(N3C(=O)CCCC3=O)cc2)C(C)C)cc1. The Morgan fingerprint density at radius 3 is 2.12 bits per heavy atom. The third kappa shape index (κ3) is 5.97. The number of hydrogen-bond acceptors (Lipinski definition) is 5. The number of benzene rings is 2. The first-order chi connectivity index (χ1) is 15.8. The summed E-state index contributed by atoms with van der Waals surface area (Å²) in [7, 11) is 0. The van der Waals surface area contributed by atoms with Crippen LogP contribution >= 0.6 is 0 Å². The van der Waals surface area contributed by atoms with Gasteiger partial charge in [0.2, 0.25) is 17.7 Å². The van der Waals surface area contributed by atoms with Crippen molar-refractivity contribution in [3.63, 3.8) is 0 Å². The molecule has 0 bridgehead atoms. The number of nitrogens with one attached hydrogen (secondary N) is 2. The van der Waals surface area contributed by atoms with Gasteiger partial charge in [-0.05, 0) is 67.8 Å². The number of anilines is 2. The van der Waals surface area contributed by atoms with Gasteiger partial charge in [0.1, 0.15) is 11.8 Å². The van der Waals surface area contributed by atoms with Gasteiger partial charge in [0.15, 0.2) is 0 Å². The Hall–Kier alpha value is -3.68. The van der Waals surface area contributed by atoms with Crippen LogP contribution in [0.15, 0.2) is 48.5 Å². The largest absolute Gasteiger partial charge is 0.494 e. The minimum atomic E-state index is -0.756. The summed E-state index contributed by atoms with van der Waals surface area (Å²) >= 11 is 0. The molecule has 1 aliphatic rings. The van der Waals surface area contributed by atoms with Crippen molar-refractivity contribution in [1.82, 2.24) is 5.32 Å². The molecule has 1 heterocycles. The van der Waals surface area contributed by atoms with Crippen LogP contribution in [0.25, 0.3) is 0 Å². The molecular formula is C25H29N3O5. The predicted octanol–water partition coefficient (Wildman–Crippen LogP) is 3.52. The molecule has 3 rings (SSSR count). The normalized spacial score (nSPS) is 14.7. The molecule has 1 atom stereocenters. The van der Waals surface area contributed by atoms with Gasteiger partial charge in [-0.3, -0.25) is 24.1 Å². The van der Waals surface area contributed by atoms with E-state index in [-0.39, 0.29) is 29.5 Å². The standard InChI is InChI=1S/C25H29N3O5/c1-4-33-20-14-8-17(9-15-20)24(31)27-23(16(2)3)25(32)26-18-10-12-19(13-11-18)28-21(29)6-5-7-22(28)30/h8-16,23H,4-7H2,1-3H3,(H,26,32)(H,27,31). The number of rotatable bonds is 8. The molecule has 174 valence electrons. The lowest BCUT2D eigenvalue weighted by molar-refractivity contribution is -0.129. The summed E-state index contributed by atoms with van der Waals surface area (Å²) in [5.41, 5.74) is 1.41. The molecule has 0 aromatic heterocycles. The molecule has 1 unspecified atom stereocenters. The number of carbonyl (C=O) groups excluding carboxylic acids is 4. The molecule has 1 saturated heterocycles. The first-order valence-electron chi connectivity index (χ1n) is 11.1. The third-order valence-corrected chi connectivity index (χ3v) is 5.34. The van der Waals surface area contributed by atoms with Gasteiger partial charge in [0, 0.05) is 24.1 Å². The molecule has 2 aromatic carbocycles. The number of imide groups is 1. The van der Waals surface area contributed by atoms with Crippen LogP contribution in [0.1, 0.15) is 50.4 Å². The summed E-state index contributed by atoms with van der Waals surface area (Å²) in [6, 6.07) is 12.5. The third-order valence-electron chi connectivity index (χ3n) is 5.34. The summed E-state index contributed by atoms with van der Waals surface area (Å²) in [6.45, 7) is 6.11. The molecule has 1 aliphatic heterocycles. The number of nitrogens with zero attached hydrogens (tertiary/aromatic N) is 1. The van der Waals surface area contributed by atoms with Crippen LogP contribution < -0.4 is 20.3 Å². The van der Waals surface area contributed by atoms with Crippen LogP contribution in [0.3, 0.4) is 0 Å². The van der Waals surface area contributed by atoms with Gasteiger partial charge in [-0.1, -0.05) is 13.8 Å². The van der Waals surface area contributed by atoms with Crippen LogP contribution in [-0.2, 0) is 14.4 Å². The van der Waals surface area contributed by atoms with Gasteiger partial charge in [-0.25, -0.2) is 0 Å². The molecule has 0 spiro atoms. The van der Waals surface area contributed by atoms with Crippen LogP contribution in [0.2, 0.25) is 0 Å². The number of piperidine rings is 1. The molecule has 0 aliphatic carbocycles. The lowest BCUT2D eigenvalue weighted by Gasteiger charge is -2.25. The molecule has 2 aromatic rings. The minimum Gasteiger partial charge on any atom is -0.494 e. The van der Waals surface area contributed by atoms with Crippen molar-refractivity contribution in [3.05, 3.63) is 54.1 Å². The van der Waals surface area contributed by atoms with Crippen molar-refractivity contribution >= 4 is 35.0 Å². The first kappa shape index (κ1) is 24.0. The van der Waals surface area contributed by atoms with E-state index in [1.165, 1.54) is 4.90 Å². The predicted molar refractivity (Wildman–Crippen MR) is 125 cm³/mol. The number of amides is 4. The summed E-state index contributed by atoms with van der Waals surface area (Å²) in [6.07, 6.45) is 1.25. The second kappa shape index (κ2) is 10.8. The van der Waals surface area contributed by atoms with E-state index in [1.54, 1.807) is 48.5 Å². The average molecular weight is 452 g/mol. The molecule has 8 nitrogen and oxygen atoms in total. The van der Waals surface area contributed by atoms with E-state index in [0.717, 1.165) is 0 Å². The summed E-state index contributed by atoms with van der Waals surface area (Å²) in [5, 5.41) is 5.59. The Kier molecular flexibility index (Phi) is 7.82. The Morgan fingerprint density at radius 1 is 0.970 bits per heavy atom.